The van der Waals surface area contributed by atoms with Crippen LogP contribution in [-0.2, 0) is 18.4 Å². The van der Waals surface area contributed by atoms with Gasteiger partial charge in [0.15, 0.2) is 0 Å². The summed E-state index contributed by atoms with van der Waals surface area (Å²) in [6, 6.07) is 7.89. The van der Waals surface area contributed by atoms with E-state index in [1.54, 1.807) is 30.1 Å². The lowest BCUT2D eigenvalue weighted by Crippen LogP contribution is -2.21. The van der Waals surface area contributed by atoms with Crippen LogP contribution in [0.1, 0.15) is 11.3 Å². The molecule has 2 rings (SSSR count). The molecule has 7 nitrogen and oxygen atoms in total. The van der Waals surface area contributed by atoms with Crippen molar-refractivity contribution in [2.24, 2.45) is 7.05 Å². The van der Waals surface area contributed by atoms with Crippen molar-refractivity contribution < 1.29 is 9.72 Å². The summed E-state index contributed by atoms with van der Waals surface area (Å²) >= 11 is 0. The fourth-order valence-corrected chi connectivity index (χ4v) is 1.73. The summed E-state index contributed by atoms with van der Waals surface area (Å²) in [6.45, 7) is 0.370. The highest BCUT2D eigenvalue weighted by atomic mass is 16.6. The lowest BCUT2D eigenvalue weighted by atomic mass is 10.2. The number of carbonyl (C=O) groups excluding carboxylic acids is 1. The highest BCUT2D eigenvalue weighted by molar-refractivity contribution is 5.91. The first kappa shape index (κ1) is 14.4. The molecule has 0 unspecified atom stereocenters. The van der Waals surface area contributed by atoms with Crippen molar-refractivity contribution in [2.75, 3.05) is 0 Å². The number of nitro groups is 1. The van der Waals surface area contributed by atoms with Gasteiger partial charge in [0.1, 0.15) is 0 Å². The van der Waals surface area contributed by atoms with Gasteiger partial charge in [-0.25, -0.2) is 0 Å². The third-order valence-corrected chi connectivity index (χ3v) is 2.87. The molecule has 0 atom stereocenters. The van der Waals surface area contributed by atoms with E-state index in [4.69, 9.17) is 0 Å². The first-order valence-corrected chi connectivity index (χ1v) is 6.23. The van der Waals surface area contributed by atoms with Crippen LogP contribution in [0, 0.1) is 10.1 Å². The summed E-state index contributed by atoms with van der Waals surface area (Å²) in [5, 5.41) is 17.4. The Morgan fingerprint density at radius 2 is 2.29 bits per heavy atom. The zero-order chi connectivity index (χ0) is 15.2. The van der Waals surface area contributed by atoms with Gasteiger partial charge in [0.25, 0.3) is 5.69 Å². The highest BCUT2D eigenvalue weighted by Crippen LogP contribution is 2.13. The number of carbonyl (C=O) groups is 1. The average molecular weight is 286 g/mol. The van der Waals surface area contributed by atoms with Gasteiger partial charge in [-0.05, 0) is 17.7 Å². The quantitative estimate of drug-likeness (QED) is 0.514. The molecule has 1 aromatic carbocycles. The fraction of sp³-hybridized carbons (Fsp3) is 0.143. The minimum absolute atomic E-state index is 0.00700. The van der Waals surface area contributed by atoms with E-state index in [0.29, 0.717) is 12.1 Å². The monoisotopic (exact) mass is 286 g/mol. The standard InChI is InChI=1S/C14H14N4O3/c1-17-13(7-8-16-17)10-15-14(19)6-5-11-3-2-4-12(9-11)18(20)21/h2-9H,10H2,1H3,(H,15,19)/b6-5+. The van der Waals surface area contributed by atoms with Crippen LogP contribution in [0.3, 0.4) is 0 Å². The van der Waals surface area contributed by atoms with E-state index in [1.807, 2.05) is 6.07 Å². The fourth-order valence-electron chi connectivity index (χ4n) is 1.73. The summed E-state index contributed by atoms with van der Waals surface area (Å²) in [4.78, 5) is 21.9. The van der Waals surface area contributed by atoms with Gasteiger partial charge in [-0.15, -0.1) is 0 Å². The molecule has 1 amide bonds. The SMILES string of the molecule is Cn1nccc1CNC(=O)/C=C/c1cccc([N+](=O)[O-])c1. The molecular weight excluding hydrogens is 272 g/mol. The maximum absolute atomic E-state index is 11.7. The van der Waals surface area contributed by atoms with Gasteiger partial charge in [-0.1, -0.05) is 12.1 Å². The lowest BCUT2D eigenvalue weighted by molar-refractivity contribution is -0.384. The van der Waals surface area contributed by atoms with Crippen LogP contribution in [0.15, 0.2) is 42.6 Å². The Labute approximate surface area is 121 Å². The van der Waals surface area contributed by atoms with Crippen LogP contribution < -0.4 is 5.32 Å². The number of rotatable bonds is 5. The second-order valence-electron chi connectivity index (χ2n) is 4.35. The molecule has 108 valence electrons. The summed E-state index contributed by atoms with van der Waals surface area (Å²) in [6.07, 6.45) is 4.53. The van der Waals surface area contributed by atoms with Crippen LogP contribution in [-0.4, -0.2) is 20.6 Å². The van der Waals surface area contributed by atoms with Crippen molar-refractivity contribution in [1.29, 1.82) is 0 Å². The first-order valence-electron chi connectivity index (χ1n) is 6.23. The minimum Gasteiger partial charge on any atom is -0.347 e. The summed E-state index contributed by atoms with van der Waals surface area (Å²) in [7, 11) is 1.79. The molecule has 0 saturated heterocycles. The predicted molar refractivity (Wildman–Crippen MR) is 77.2 cm³/mol. The summed E-state index contributed by atoms with van der Waals surface area (Å²) in [5.41, 5.74) is 1.47. The topological polar surface area (TPSA) is 90.1 Å². The Morgan fingerprint density at radius 1 is 1.48 bits per heavy atom. The number of nitrogens with zero attached hydrogens (tertiary/aromatic N) is 3. The number of hydrogen-bond donors (Lipinski definition) is 1. The maximum Gasteiger partial charge on any atom is 0.270 e. The van der Waals surface area contributed by atoms with E-state index in [1.165, 1.54) is 24.3 Å². The number of amides is 1. The Balaban J connectivity index is 1.94. The third-order valence-electron chi connectivity index (χ3n) is 2.87. The molecule has 0 saturated carbocycles. The second kappa shape index (κ2) is 6.47. The molecule has 0 aliphatic rings. The van der Waals surface area contributed by atoms with Crippen LogP contribution in [0.25, 0.3) is 6.08 Å². The van der Waals surface area contributed by atoms with Crippen molar-refractivity contribution >= 4 is 17.7 Å². The Bertz CT molecular complexity index is 691. The second-order valence-corrected chi connectivity index (χ2v) is 4.35. The van der Waals surface area contributed by atoms with E-state index in [-0.39, 0.29) is 11.6 Å². The van der Waals surface area contributed by atoms with Crippen molar-refractivity contribution in [1.82, 2.24) is 15.1 Å². The van der Waals surface area contributed by atoms with Crippen LogP contribution in [0.4, 0.5) is 5.69 Å². The number of non-ortho nitro benzene ring substituents is 1. The molecule has 1 N–H and O–H groups in total. The summed E-state index contributed by atoms with van der Waals surface area (Å²) < 4.78 is 1.67. The van der Waals surface area contributed by atoms with E-state index in [2.05, 4.69) is 10.4 Å². The van der Waals surface area contributed by atoms with Gasteiger partial charge in [0.05, 0.1) is 17.2 Å². The first-order chi connectivity index (χ1) is 10.1. The lowest BCUT2D eigenvalue weighted by Gasteiger charge is -2.02. The van der Waals surface area contributed by atoms with Crippen LogP contribution >= 0.6 is 0 Å². The zero-order valence-electron chi connectivity index (χ0n) is 11.4. The molecule has 0 radical (unpaired) electrons. The smallest absolute Gasteiger partial charge is 0.270 e. The number of hydrogen-bond acceptors (Lipinski definition) is 4. The summed E-state index contributed by atoms with van der Waals surface area (Å²) in [5.74, 6) is -0.275. The molecule has 21 heavy (non-hydrogen) atoms. The number of aryl methyl sites for hydroxylation is 1. The maximum atomic E-state index is 11.7. The normalized spacial score (nSPS) is 10.7. The van der Waals surface area contributed by atoms with Gasteiger partial charge in [-0.3, -0.25) is 19.6 Å². The Morgan fingerprint density at radius 3 is 2.95 bits per heavy atom. The van der Waals surface area contributed by atoms with Crippen molar-refractivity contribution in [3.05, 3.63) is 64.0 Å². The van der Waals surface area contributed by atoms with Crippen molar-refractivity contribution in [3.8, 4) is 0 Å². The number of nitro benzene ring substituents is 1. The predicted octanol–water partition coefficient (Wildman–Crippen LogP) is 1.66. The van der Waals surface area contributed by atoms with Crippen molar-refractivity contribution in [3.63, 3.8) is 0 Å². The molecule has 1 aromatic heterocycles. The van der Waals surface area contributed by atoms with Crippen molar-refractivity contribution in [2.45, 2.75) is 6.54 Å². The molecule has 2 aromatic rings. The van der Waals surface area contributed by atoms with Gasteiger partial charge in [0, 0.05) is 31.5 Å². The number of benzene rings is 1. The van der Waals surface area contributed by atoms with E-state index in [0.717, 1.165) is 5.69 Å². The molecule has 0 spiro atoms. The average Bonchev–Trinajstić information content (AvgIpc) is 2.88. The zero-order valence-corrected chi connectivity index (χ0v) is 11.4. The van der Waals surface area contributed by atoms with Gasteiger partial charge >= 0.3 is 0 Å². The van der Waals surface area contributed by atoms with Gasteiger partial charge in [0.2, 0.25) is 5.91 Å². The molecule has 0 aliphatic heterocycles. The number of aromatic nitrogens is 2. The molecule has 1 heterocycles. The minimum atomic E-state index is -0.472. The van der Waals surface area contributed by atoms with Crippen LogP contribution in [0.5, 0.6) is 0 Å². The Hall–Kier alpha value is -2.96. The largest absolute Gasteiger partial charge is 0.347 e. The molecule has 0 fully saturated rings. The van der Waals surface area contributed by atoms with Crippen LogP contribution in [0.2, 0.25) is 0 Å². The number of nitrogens with one attached hydrogen (secondary N) is 1. The molecule has 7 heteroatoms. The third kappa shape index (κ3) is 4.00. The van der Waals surface area contributed by atoms with E-state index in [9.17, 15) is 14.9 Å². The van der Waals surface area contributed by atoms with E-state index < -0.39 is 4.92 Å². The molecular formula is C14H14N4O3. The van der Waals surface area contributed by atoms with Gasteiger partial charge < -0.3 is 5.32 Å². The highest BCUT2D eigenvalue weighted by Gasteiger charge is 2.04. The molecule has 0 bridgehead atoms. The van der Waals surface area contributed by atoms with Gasteiger partial charge in [-0.2, -0.15) is 5.10 Å². The Kier molecular flexibility index (Phi) is 4.45. The molecule has 0 aliphatic carbocycles. The van der Waals surface area contributed by atoms with E-state index >= 15 is 0 Å².